The summed E-state index contributed by atoms with van der Waals surface area (Å²) in [4.78, 5) is 19.3. The lowest BCUT2D eigenvalue weighted by Crippen LogP contribution is -2.35. The molecule has 1 N–H and O–H groups in total. The van der Waals surface area contributed by atoms with Crippen molar-refractivity contribution in [1.82, 2.24) is 4.98 Å². The molecule has 1 aliphatic rings. The summed E-state index contributed by atoms with van der Waals surface area (Å²) in [6.45, 7) is 2.88. The lowest BCUT2D eigenvalue weighted by atomic mass is 10.0. The Morgan fingerprint density at radius 1 is 1.07 bits per heavy atom. The van der Waals surface area contributed by atoms with Crippen molar-refractivity contribution >= 4 is 23.0 Å². The Hall–Kier alpha value is -3.14. The molecule has 1 aromatic heterocycles. The minimum absolute atomic E-state index is 0.000342. The van der Waals surface area contributed by atoms with Gasteiger partial charge in [0.05, 0.1) is 17.4 Å². The van der Waals surface area contributed by atoms with Gasteiger partial charge in [0.15, 0.2) is 0 Å². The van der Waals surface area contributed by atoms with Crippen LogP contribution in [0.25, 0.3) is 0 Å². The molecule has 0 fully saturated rings. The minimum Gasteiger partial charge on any atom is -0.354 e. The van der Waals surface area contributed by atoms with E-state index in [4.69, 9.17) is 0 Å². The highest BCUT2D eigenvalue weighted by atomic mass is 16.2. The number of benzene rings is 2. The van der Waals surface area contributed by atoms with Crippen molar-refractivity contribution in [2.24, 2.45) is 0 Å². The largest absolute Gasteiger partial charge is 0.354 e. The maximum atomic E-state index is 13.1. The van der Waals surface area contributed by atoms with Gasteiger partial charge in [0.1, 0.15) is 0 Å². The van der Waals surface area contributed by atoms with Crippen molar-refractivity contribution in [3.63, 3.8) is 0 Å². The second-order valence-electron chi connectivity index (χ2n) is 6.83. The summed E-state index contributed by atoms with van der Waals surface area (Å²) in [5, 5.41) is 3.34. The number of amides is 1. The second kappa shape index (κ2) is 7.62. The first-order valence-corrected chi connectivity index (χ1v) is 9.45. The van der Waals surface area contributed by atoms with E-state index in [-0.39, 0.29) is 5.91 Å². The van der Waals surface area contributed by atoms with E-state index < -0.39 is 0 Å². The Labute approximate surface area is 159 Å². The summed E-state index contributed by atoms with van der Waals surface area (Å²) in [5.41, 5.74) is 5.95. The van der Waals surface area contributed by atoms with Gasteiger partial charge in [0.2, 0.25) is 0 Å². The lowest BCUT2D eigenvalue weighted by molar-refractivity contribution is 0.0985. The first-order valence-electron chi connectivity index (χ1n) is 9.45. The molecule has 0 atom stereocenters. The van der Waals surface area contributed by atoms with Crippen LogP contribution in [0, 0.1) is 0 Å². The maximum Gasteiger partial charge on any atom is 0.259 e. The maximum absolute atomic E-state index is 13.1. The van der Waals surface area contributed by atoms with E-state index in [1.165, 1.54) is 11.1 Å². The Morgan fingerprint density at radius 3 is 2.70 bits per heavy atom. The van der Waals surface area contributed by atoms with Gasteiger partial charge >= 0.3 is 0 Å². The van der Waals surface area contributed by atoms with E-state index in [1.807, 2.05) is 41.3 Å². The van der Waals surface area contributed by atoms with Crippen LogP contribution < -0.4 is 10.2 Å². The molecule has 1 amide bonds. The van der Waals surface area contributed by atoms with E-state index in [1.54, 1.807) is 12.4 Å². The highest BCUT2D eigenvalue weighted by molar-refractivity contribution is 6.07. The molecule has 0 aliphatic carbocycles. The van der Waals surface area contributed by atoms with Gasteiger partial charge in [0, 0.05) is 24.1 Å². The van der Waals surface area contributed by atoms with Crippen LogP contribution in [-0.2, 0) is 12.8 Å². The number of pyridine rings is 1. The molecule has 0 unspecified atom stereocenters. The van der Waals surface area contributed by atoms with Crippen LogP contribution >= 0.6 is 0 Å². The van der Waals surface area contributed by atoms with Crippen molar-refractivity contribution in [3.8, 4) is 0 Å². The van der Waals surface area contributed by atoms with Crippen molar-refractivity contribution in [3.05, 3.63) is 83.7 Å². The van der Waals surface area contributed by atoms with E-state index in [9.17, 15) is 4.79 Å². The van der Waals surface area contributed by atoms with Crippen LogP contribution in [0.2, 0.25) is 0 Å². The monoisotopic (exact) mass is 357 g/mol. The molecule has 3 aromatic rings. The molecule has 2 heterocycles. The number of carbonyl (C=O) groups is 1. The zero-order valence-electron chi connectivity index (χ0n) is 15.5. The van der Waals surface area contributed by atoms with E-state index in [2.05, 4.69) is 35.4 Å². The van der Waals surface area contributed by atoms with Gasteiger partial charge in [-0.1, -0.05) is 37.3 Å². The fraction of sp³-hybridized carbons (Fsp3) is 0.217. The molecule has 0 radical (unpaired) electrons. The number of hydrogen-bond acceptors (Lipinski definition) is 3. The van der Waals surface area contributed by atoms with Crippen LogP contribution in [0.15, 0.2) is 67.0 Å². The Balaban J connectivity index is 1.56. The zero-order valence-corrected chi connectivity index (χ0v) is 15.5. The third kappa shape index (κ3) is 3.70. The standard InChI is InChI=1S/C23H23N3O/c1-2-17-9-11-20(12-10-17)25-21-14-19(15-24-16-21)23(27)26-13-5-7-18-6-3-4-8-22(18)26/h3-4,6,8-12,14-16,25H,2,5,7,13H2,1H3. The average molecular weight is 357 g/mol. The number of fused-ring (bicyclic) bond motifs is 1. The molecule has 27 heavy (non-hydrogen) atoms. The Morgan fingerprint density at radius 2 is 1.89 bits per heavy atom. The predicted molar refractivity (Wildman–Crippen MR) is 110 cm³/mol. The number of anilines is 3. The predicted octanol–water partition coefficient (Wildman–Crippen LogP) is 4.98. The molecule has 0 saturated heterocycles. The van der Waals surface area contributed by atoms with Crippen molar-refractivity contribution in [2.45, 2.75) is 26.2 Å². The van der Waals surface area contributed by atoms with E-state index >= 15 is 0 Å². The highest BCUT2D eigenvalue weighted by Crippen LogP contribution is 2.28. The van der Waals surface area contributed by atoms with Crippen LogP contribution in [0.3, 0.4) is 0 Å². The number of nitrogens with one attached hydrogen (secondary N) is 1. The number of para-hydroxylation sites is 1. The molecule has 0 saturated carbocycles. The van der Waals surface area contributed by atoms with Crippen molar-refractivity contribution in [2.75, 3.05) is 16.8 Å². The van der Waals surface area contributed by atoms with Crippen LogP contribution in [-0.4, -0.2) is 17.4 Å². The molecule has 0 spiro atoms. The van der Waals surface area contributed by atoms with Gasteiger partial charge in [-0.05, 0) is 54.7 Å². The average Bonchev–Trinajstić information content (AvgIpc) is 2.73. The molecule has 4 rings (SSSR count). The van der Waals surface area contributed by atoms with Gasteiger partial charge in [-0.15, -0.1) is 0 Å². The van der Waals surface area contributed by atoms with Crippen LogP contribution in [0.1, 0.15) is 34.8 Å². The fourth-order valence-electron chi connectivity index (χ4n) is 3.52. The van der Waals surface area contributed by atoms with Crippen LogP contribution in [0.5, 0.6) is 0 Å². The number of nitrogens with zero attached hydrogens (tertiary/aromatic N) is 2. The number of hydrogen-bond donors (Lipinski definition) is 1. The summed E-state index contributed by atoms with van der Waals surface area (Å²) in [7, 11) is 0. The Bertz CT molecular complexity index is 950. The number of aryl methyl sites for hydroxylation is 2. The minimum atomic E-state index is -0.000342. The highest BCUT2D eigenvalue weighted by Gasteiger charge is 2.23. The lowest BCUT2D eigenvalue weighted by Gasteiger charge is -2.29. The van der Waals surface area contributed by atoms with Crippen LogP contribution in [0.4, 0.5) is 17.1 Å². The molecule has 2 aromatic carbocycles. The summed E-state index contributed by atoms with van der Waals surface area (Å²) in [5.74, 6) is -0.000342. The molecule has 1 aliphatic heterocycles. The molecule has 4 nitrogen and oxygen atoms in total. The van der Waals surface area contributed by atoms with Gasteiger partial charge in [-0.2, -0.15) is 0 Å². The van der Waals surface area contributed by atoms with Crippen molar-refractivity contribution < 1.29 is 4.79 Å². The molecule has 136 valence electrons. The summed E-state index contributed by atoms with van der Waals surface area (Å²) < 4.78 is 0. The van der Waals surface area contributed by atoms with Gasteiger partial charge in [-0.3, -0.25) is 9.78 Å². The summed E-state index contributed by atoms with van der Waals surface area (Å²) in [6.07, 6.45) is 6.41. The first-order chi connectivity index (χ1) is 13.2. The summed E-state index contributed by atoms with van der Waals surface area (Å²) >= 11 is 0. The van der Waals surface area contributed by atoms with E-state index in [0.29, 0.717) is 5.56 Å². The second-order valence-corrected chi connectivity index (χ2v) is 6.83. The quantitative estimate of drug-likeness (QED) is 0.716. The molecular weight excluding hydrogens is 334 g/mol. The number of aromatic nitrogens is 1. The van der Waals surface area contributed by atoms with Crippen molar-refractivity contribution in [1.29, 1.82) is 0 Å². The third-order valence-corrected chi connectivity index (χ3v) is 4.99. The first kappa shape index (κ1) is 17.3. The molecular formula is C23H23N3O. The smallest absolute Gasteiger partial charge is 0.259 e. The molecule has 4 heteroatoms. The normalized spacial score (nSPS) is 13.1. The number of rotatable bonds is 4. The van der Waals surface area contributed by atoms with Gasteiger partial charge in [0.25, 0.3) is 5.91 Å². The SMILES string of the molecule is CCc1ccc(Nc2cncc(C(=O)N3CCCc4ccccc43)c2)cc1. The van der Waals surface area contributed by atoms with Gasteiger partial charge < -0.3 is 10.2 Å². The Kier molecular flexibility index (Phi) is 4.88. The topological polar surface area (TPSA) is 45.2 Å². The van der Waals surface area contributed by atoms with E-state index in [0.717, 1.165) is 42.9 Å². The third-order valence-electron chi connectivity index (χ3n) is 4.99. The summed E-state index contributed by atoms with van der Waals surface area (Å²) in [6, 6.07) is 18.3. The number of carbonyl (C=O) groups excluding carboxylic acids is 1. The zero-order chi connectivity index (χ0) is 18.6. The fourth-order valence-corrected chi connectivity index (χ4v) is 3.52. The van der Waals surface area contributed by atoms with Gasteiger partial charge in [-0.25, -0.2) is 0 Å². The molecule has 0 bridgehead atoms.